The number of fused-ring (bicyclic) bond motifs is 1. The number of nitrogens with one attached hydrogen (secondary N) is 1. The Balaban J connectivity index is 2.45. The van der Waals surface area contributed by atoms with Crippen molar-refractivity contribution in [1.82, 2.24) is 0 Å². The van der Waals surface area contributed by atoms with E-state index in [1.165, 1.54) is 0 Å². The number of hydrogen-bond donors (Lipinski definition) is 1. The lowest BCUT2D eigenvalue weighted by atomic mass is 9.88. The smallest absolute Gasteiger partial charge is 0.114 e. The lowest BCUT2D eigenvalue weighted by molar-refractivity contribution is 0.180. The van der Waals surface area contributed by atoms with Gasteiger partial charge in [0, 0.05) is 12.5 Å². The van der Waals surface area contributed by atoms with E-state index in [9.17, 15) is 4.39 Å². The molecule has 0 saturated heterocycles. The maximum Gasteiger partial charge on any atom is 0.114 e. The van der Waals surface area contributed by atoms with Crippen LogP contribution in [0.1, 0.15) is 25.3 Å². The van der Waals surface area contributed by atoms with Crippen LogP contribution in [0.5, 0.6) is 0 Å². The molecule has 0 radical (unpaired) electrons. The van der Waals surface area contributed by atoms with Crippen LogP contribution in [-0.2, 0) is 0 Å². The fourth-order valence-electron chi connectivity index (χ4n) is 1.94. The number of rotatable bonds is 1. The maximum atomic E-state index is 13.8. The first-order valence-corrected chi connectivity index (χ1v) is 5.09. The quantitative estimate of drug-likeness (QED) is 0.752. The minimum atomic E-state index is -1.21. The molecular formula is C11H13ClFN. The summed E-state index contributed by atoms with van der Waals surface area (Å²) in [7, 11) is 0. The molecule has 1 aromatic rings. The third kappa shape index (κ3) is 1.48. The van der Waals surface area contributed by atoms with Crippen molar-refractivity contribution < 1.29 is 4.39 Å². The van der Waals surface area contributed by atoms with Crippen LogP contribution in [-0.4, -0.2) is 12.2 Å². The number of hydrogen-bond acceptors (Lipinski definition) is 1. The van der Waals surface area contributed by atoms with Crippen molar-refractivity contribution >= 4 is 17.3 Å². The lowest BCUT2D eigenvalue weighted by Crippen LogP contribution is -2.25. The molecule has 1 unspecified atom stereocenters. The molecule has 0 fully saturated rings. The van der Waals surface area contributed by atoms with Crippen molar-refractivity contribution in [2.24, 2.45) is 0 Å². The molecule has 0 aliphatic carbocycles. The molecule has 14 heavy (non-hydrogen) atoms. The second kappa shape index (κ2) is 3.13. The van der Waals surface area contributed by atoms with E-state index < -0.39 is 5.67 Å². The molecule has 0 amide bonds. The number of para-hydroxylation sites is 1. The molecule has 1 aliphatic rings. The lowest BCUT2D eigenvalue weighted by Gasteiger charge is -2.22. The van der Waals surface area contributed by atoms with Crippen molar-refractivity contribution in [3.63, 3.8) is 0 Å². The van der Waals surface area contributed by atoms with Gasteiger partial charge in [0.25, 0.3) is 0 Å². The molecule has 76 valence electrons. The molecule has 0 bridgehead atoms. The fraction of sp³-hybridized carbons (Fsp3) is 0.455. The van der Waals surface area contributed by atoms with Gasteiger partial charge in [-0.15, -0.1) is 0 Å². The van der Waals surface area contributed by atoms with Crippen molar-refractivity contribution in [1.29, 1.82) is 0 Å². The first-order valence-electron chi connectivity index (χ1n) is 4.71. The van der Waals surface area contributed by atoms with E-state index >= 15 is 0 Å². The third-order valence-electron chi connectivity index (χ3n) is 2.73. The molecule has 1 atom stereocenters. The summed E-state index contributed by atoms with van der Waals surface area (Å²) < 4.78 is 13.8. The van der Waals surface area contributed by atoms with E-state index in [1.54, 1.807) is 13.8 Å². The summed E-state index contributed by atoms with van der Waals surface area (Å²) in [4.78, 5) is 0. The maximum absolute atomic E-state index is 13.8. The van der Waals surface area contributed by atoms with Crippen LogP contribution >= 0.6 is 11.6 Å². The molecule has 0 spiro atoms. The highest BCUT2D eigenvalue weighted by Crippen LogP contribution is 2.42. The molecule has 0 aromatic heterocycles. The average molecular weight is 214 g/mol. The van der Waals surface area contributed by atoms with E-state index in [1.807, 2.05) is 18.2 Å². The zero-order valence-electron chi connectivity index (χ0n) is 8.27. The standard InChI is InChI=1S/C11H13ClFN/c1-11(2,13)8-6-14-10-7(8)4-3-5-9(10)12/h3-5,8,14H,6H2,1-2H3. The van der Waals surface area contributed by atoms with Gasteiger partial charge < -0.3 is 5.32 Å². The average Bonchev–Trinajstić information content (AvgIpc) is 2.47. The minimum Gasteiger partial charge on any atom is -0.383 e. The predicted octanol–water partition coefficient (Wildman–Crippen LogP) is 3.60. The van der Waals surface area contributed by atoms with Gasteiger partial charge in [0.05, 0.1) is 10.7 Å². The normalized spacial score (nSPS) is 20.4. The Morgan fingerprint density at radius 3 is 2.86 bits per heavy atom. The van der Waals surface area contributed by atoms with Crippen LogP contribution < -0.4 is 5.32 Å². The van der Waals surface area contributed by atoms with Gasteiger partial charge in [-0.05, 0) is 25.5 Å². The highest BCUT2D eigenvalue weighted by Gasteiger charge is 2.36. The minimum absolute atomic E-state index is 0.101. The Hall–Kier alpha value is -0.760. The summed E-state index contributed by atoms with van der Waals surface area (Å²) in [5, 5.41) is 3.83. The SMILES string of the molecule is CC(C)(F)C1CNc2c(Cl)cccc21. The van der Waals surface area contributed by atoms with E-state index in [4.69, 9.17) is 11.6 Å². The molecule has 3 heteroatoms. The molecule has 1 aliphatic heterocycles. The van der Waals surface area contributed by atoms with Crippen LogP contribution in [0.15, 0.2) is 18.2 Å². The predicted molar refractivity (Wildman–Crippen MR) is 57.9 cm³/mol. The molecule has 1 N–H and O–H groups in total. The van der Waals surface area contributed by atoms with Gasteiger partial charge in [-0.2, -0.15) is 0 Å². The number of halogens is 2. The van der Waals surface area contributed by atoms with Gasteiger partial charge in [-0.1, -0.05) is 23.7 Å². The summed E-state index contributed by atoms with van der Waals surface area (Å²) in [6.45, 7) is 3.84. The summed E-state index contributed by atoms with van der Waals surface area (Å²) >= 11 is 6.00. The number of alkyl halides is 1. The van der Waals surface area contributed by atoms with Crippen molar-refractivity contribution in [2.45, 2.75) is 25.4 Å². The third-order valence-corrected chi connectivity index (χ3v) is 3.05. The van der Waals surface area contributed by atoms with Crippen molar-refractivity contribution in [2.75, 3.05) is 11.9 Å². The Bertz CT molecular complexity index is 357. The first-order chi connectivity index (χ1) is 6.50. The van der Waals surface area contributed by atoms with E-state index in [0.717, 1.165) is 11.3 Å². The van der Waals surface area contributed by atoms with Gasteiger partial charge in [-0.25, -0.2) is 4.39 Å². The zero-order chi connectivity index (χ0) is 10.3. The second-order valence-electron chi connectivity index (χ2n) is 4.20. The topological polar surface area (TPSA) is 12.0 Å². The molecule has 2 rings (SSSR count). The monoisotopic (exact) mass is 213 g/mol. The van der Waals surface area contributed by atoms with Crippen LogP contribution in [0.3, 0.4) is 0 Å². The Kier molecular flexibility index (Phi) is 2.18. The first kappa shape index (κ1) is 9.78. The molecule has 1 nitrogen and oxygen atoms in total. The number of anilines is 1. The second-order valence-corrected chi connectivity index (χ2v) is 4.61. The van der Waals surface area contributed by atoms with Gasteiger partial charge in [0.2, 0.25) is 0 Å². The van der Waals surface area contributed by atoms with Gasteiger partial charge in [0.1, 0.15) is 5.67 Å². The number of benzene rings is 1. The summed E-state index contributed by atoms with van der Waals surface area (Å²) in [6, 6.07) is 5.63. The van der Waals surface area contributed by atoms with Gasteiger partial charge in [-0.3, -0.25) is 0 Å². The summed E-state index contributed by atoms with van der Waals surface area (Å²) in [5.74, 6) is -0.101. The van der Waals surface area contributed by atoms with Gasteiger partial charge in [0.15, 0.2) is 0 Å². The van der Waals surface area contributed by atoms with E-state index in [-0.39, 0.29) is 5.92 Å². The van der Waals surface area contributed by atoms with Crippen LogP contribution in [0.2, 0.25) is 5.02 Å². The van der Waals surface area contributed by atoms with Crippen molar-refractivity contribution in [3.05, 3.63) is 28.8 Å². The van der Waals surface area contributed by atoms with Crippen LogP contribution in [0, 0.1) is 0 Å². The summed E-state index contributed by atoms with van der Waals surface area (Å²) in [5.41, 5.74) is 0.679. The van der Waals surface area contributed by atoms with Gasteiger partial charge >= 0.3 is 0 Å². The molecule has 1 heterocycles. The Morgan fingerprint density at radius 2 is 2.21 bits per heavy atom. The molecular weight excluding hydrogens is 201 g/mol. The highest BCUT2D eigenvalue weighted by atomic mass is 35.5. The Morgan fingerprint density at radius 1 is 1.50 bits per heavy atom. The Labute approximate surface area is 88.3 Å². The highest BCUT2D eigenvalue weighted by molar-refractivity contribution is 6.33. The summed E-state index contributed by atoms with van der Waals surface area (Å²) in [6.07, 6.45) is 0. The van der Waals surface area contributed by atoms with Crippen LogP contribution in [0.4, 0.5) is 10.1 Å². The van der Waals surface area contributed by atoms with E-state index in [0.29, 0.717) is 11.6 Å². The zero-order valence-corrected chi connectivity index (χ0v) is 9.03. The van der Waals surface area contributed by atoms with Crippen LogP contribution in [0.25, 0.3) is 0 Å². The molecule has 0 saturated carbocycles. The van der Waals surface area contributed by atoms with E-state index in [2.05, 4.69) is 5.32 Å². The molecule has 1 aromatic carbocycles. The largest absolute Gasteiger partial charge is 0.383 e. The fourth-order valence-corrected chi connectivity index (χ4v) is 2.19. The van der Waals surface area contributed by atoms with Crippen molar-refractivity contribution in [3.8, 4) is 0 Å².